The fraction of sp³-hybridized carbons (Fsp3) is 0. The van der Waals surface area contributed by atoms with E-state index in [0.717, 1.165) is 0 Å². The summed E-state index contributed by atoms with van der Waals surface area (Å²) in [5, 5.41) is 12.1. The highest BCUT2D eigenvalue weighted by Crippen LogP contribution is 1.70. The lowest BCUT2D eigenvalue weighted by Crippen LogP contribution is -2.03. The summed E-state index contributed by atoms with van der Waals surface area (Å²) in [6, 6.07) is 0. The number of nitrogens with one attached hydrogen (secondary N) is 2. The van der Waals surface area contributed by atoms with E-state index in [1.807, 2.05) is 0 Å². The lowest BCUT2D eigenvalue weighted by Gasteiger charge is -1.80. The van der Waals surface area contributed by atoms with Gasteiger partial charge in [0.15, 0.2) is 5.04 Å². The van der Waals surface area contributed by atoms with Crippen LogP contribution in [0.3, 0.4) is 0 Å². The van der Waals surface area contributed by atoms with Crippen molar-refractivity contribution in [1.29, 1.82) is 10.8 Å². The molecule has 0 bridgehead atoms. The van der Waals surface area contributed by atoms with Crippen molar-refractivity contribution in [2.24, 2.45) is 0 Å². The Kier molecular flexibility index (Phi) is 2.39. The molecule has 0 rings (SSSR count). The highest BCUT2D eigenvalue weighted by molar-refractivity contribution is 7.97. The van der Waals surface area contributed by atoms with Crippen LogP contribution < -0.4 is 0 Å². The van der Waals surface area contributed by atoms with Crippen LogP contribution >= 0.6 is 0 Å². The van der Waals surface area contributed by atoms with Crippen LogP contribution in [0.25, 0.3) is 0 Å². The number of rotatable bonds is 1. The van der Waals surface area contributed by atoms with Crippen LogP contribution in [0.2, 0.25) is 0 Å². The van der Waals surface area contributed by atoms with Gasteiger partial charge in [-0.15, -0.1) is 0 Å². The van der Waals surface area contributed by atoms with Gasteiger partial charge in [-0.25, -0.2) is 4.21 Å². The van der Waals surface area contributed by atoms with Crippen molar-refractivity contribution in [3.8, 4) is 0 Å². The summed E-state index contributed by atoms with van der Waals surface area (Å²) in [6.45, 7) is 0. The molecule has 1 atom stereocenters. The maximum Gasteiger partial charge on any atom is 0.206 e. The molecule has 1 unspecified atom stereocenters. The van der Waals surface area contributed by atoms with Crippen LogP contribution in [-0.2, 0) is 11.1 Å². The Morgan fingerprint density at radius 2 is 2.29 bits per heavy atom. The largest absolute Gasteiger partial charge is 0.306 e. The third-order valence-corrected chi connectivity index (χ3v) is 0.813. The van der Waals surface area contributed by atoms with Crippen LogP contribution in [0, 0.1) is 10.8 Å². The lowest BCUT2D eigenvalue weighted by atomic mass is 10.8. The summed E-state index contributed by atoms with van der Waals surface area (Å²) in [7, 11) is 0. The van der Waals surface area contributed by atoms with Crippen molar-refractivity contribution < 1.29 is 8.76 Å². The molecular weight excluding hydrogens is 116 g/mol. The molecule has 4 nitrogen and oxygen atoms in total. The average Bonchev–Trinajstić information content (AvgIpc) is 1.65. The highest BCUT2D eigenvalue weighted by atomic mass is 32.2. The molecule has 0 aliphatic heterocycles. The summed E-state index contributed by atoms with van der Waals surface area (Å²) >= 11 is -2.27. The van der Waals surface area contributed by atoms with E-state index in [0.29, 0.717) is 6.21 Å². The van der Waals surface area contributed by atoms with Gasteiger partial charge in [0.05, 0.1) is 6.21 Å². The minimum absolute atomic E-state index is 0.524. The van der Waals surface area contributed by atoms with E-state index in [1.165, 1.54) is 0 Å². The van der Waals surface area contributed by atoms with E-state index in [-0.39, 0.29) is 0 Å². The van der Waals surface area contributed by atoms with E-state index >= 15 is 0 Å². The Bertz CT molecular complexity index is 121. The highest BCUT2D eigenvalue weighted by Gasteiger charge is 1.94. The molecule has 3 N–H and O–H groups in total. The molecule has 0 aliphatic carbocycles. The Morgan fingerprint density at radius 1 is 1.86 bits per heavy atom. The van der Waals surface area contributed by atoms with Gasteiger partial charge >= 0.3 is 0 Å². The van der Waals surface area contributed by atoms with Gasteiger partial charge in [-0.3, -0.25) is 5.41 Å². The van der Waals surface area contributed by atoms with Crippen LogP contribution in [0.1, 0.15) is 0 Å². The molecule has 0 radical (unpaired) electrons. The first-order valence-corrected chi connectivity index (χ1v) is 2.49. The molecular formula is C2H4N2O2S. The molecule has 0 saturated carbocycles. The smallest absolute Gasteiger partial charge is 0.206 e. The second kappa shape index (κ2) is 2.59. The average molecular weight is 120 g/mol. The molecule has 0 heterocycles. The zero-order chi connectivity index (χ0) is 5.86. The number of hydrogen-bond donors (Lipinski definition) is 3. The minimum Gasteiger partial charge on any atom is -0.306 e. The fourth-order valence-corrected chi connectivity index (χ4v) is 0.151. The van der Waals surface area contributed by atoms with Gasteiger partial charge in [-0.2, -0.15) is 0 Å². The molecule has 0 aromatic rings. The molecule has 0 aromatic carbocycles. The van der Waals surface area contributed by atoms with Gasteiger partial charge in [0.2, 0.25) is 11.1 Å². The quantitative estimate of drug-likeness (QED) is 0.255. The Labute approximate surface area is 42.9 Å². The van der Waals surface area contributed by atoms with Crippen molar-refractivity contribution >= 4 is 22.3 Å². The van der Waals surface area contributed by atoms with E-state index < -0.39 is 16.1 Å². The molecule has 0 spiro atoms. The van der Waals surface area contributed by atoms with Crippen molar-refractivity contribution in [3.63, 3.8) is 0 Å². The second-order valence-electron chi connectivity index (χ2n) is 0.758. The Balaban J connectivity index is 3.81. The monoisotopic (exact) mass is 120 g/mol. The van der Waals surface area contributed by atoms with E-state index in [9.17, 15) is 4.21 Å². The molecule has 5 heteroatoms. The first-order chi connectivity index (χ1) is 3.18. The summed E-state index contributed by atoms with van der Waals surface area (Å²) in [6.07, 6.45) is 0.524. The molecule has 0 aromatic heterocycles. The SMILES string of the molecule is N=CC(=N)S(=O)O. The number of hydrogen-bond acceptors (Lipinski definition) is 3. The minimum atomic E-state index is -2.27. The van der Waals surface area contributed by atoms with Crippen LogP contribution in [0.15, 0.2) is 0 Å². The Morgan fingerprint density at radius 3 is 2.29 bits per heavy atom. The molecule has 0 amide bonds. The molecule has 40 valence electrons. The van der Waals surface area contributed by atoms with Gasteiger partial charge in [0.25, 0.3) is 0 Å². The first kappa shape index (κ1) is 6.45. The first-order valence-electron chi connectivity index (χ1n) is 1.38. The molecule has 0 aliphatic rings. The third-order valence-electron chi connectivity index (χ3n) is 0.319. The van der Waals surface area contributed by atoms with Crippen molar-refractivity contribution in [1.82, 2.24) is 0 Å². The predicted octanol–water partition coefficient (Wildman–Crippen LogP) is -0.165. The van der Waals surface area contributed by atoms with E-state index in [4.69, 9.17) is 15.4 Å². The van der Waals surface area contributed by atoms with Crippen LogP contribution in [0.5, 0.6) is 0 Å². The zero-order valence-electron chi connectivity index (χ0n) is 3.34. The zero-order valence-corrected chi connectivity index (χ0v) is 4.16. The van der Waals surface area contributed by atoms with E-state index in [1.54, 1.807) is 0 Å². The standard InChI is InChI=1S/C2H4N2O2S/c3-1-2(4)7(5)6/h1,3-4H,(H,5,6). The maximum absolute atomic E-state index is 9.67. The van der Waals surface area contributed by atoms with Crippen molar-refractivity contribution in [3.05, 3.63) is 0 Å². The summed E-state index contributed by atoms with van der Waals surface area (Å²) in [5.41, 5.74) is 0. The van der Waals surface area contributed by atoms with Gasteiger partial charge < -0.3 is 9.96 Å². The third kappa shape index (κ3) is 2.18. The van der Waals surface area contributed by atoms with Gasteiger partial charge in [-0.1, -0.05) is 0 Å². The summed E-state index contributed by atoms with van der Waals surface area (Å²) < 4.78 is 17.6. The Hall–Kier alpha value is -0.550. The van der Waals surface area contributed by atoms with Crippen LogP contribution in [-0.4, -0.2) is 20.0 Å². The summed E-state index contributed by atoms with van der Waals surface area (Å²) in [4.78, 5) is 0. The predicted molar refractivity (Wildman–Crippen MR) is 27.3 cm³/mol. The second-order valence-corrected chi connectivity index (χ2v) is 1.70. The fourth-order valence-electron chi connectivity index (χ4n) is 0.0504. The molecule has 7 heavy (non-hydrogen) atoms. The maximum atomic E-state index is 9.67. The van der Waals surface area contributed by atoms with Crippen LogP contribution in [0.4, 0.5) is 0 Å². The normalized spacial score (nSPS) is 12.7. The lowest BCUT2D eigenvalue weighted by molar-refractivity contribution is 0.577. The van der Waals surface area contributed by atoms with Gasteiger partial charge in [-0.05, 0) is 0 Å². The van der Waals surface area contributed by atoms with Gasteiger partial charge in [0.1, 0.15) is 0 Å². The molecule has 0 fully saturated rings. The summed E-state index contributed by atoms with van der Waals surface area (Å²) in [5.74, 6) is 0. The van der Waals surface area contributed by atoms with Crippen molar-refractivity contribution in [2.75, 3.05) is 0 Å². The van der Waals surface area contributed by atoms with Crippen molar-refractivity contribution in [2.45, 2.75) is 0 Å². The van der Waals surface area contributed by atoms with Gasteiger partial charge in [0, 0.05) is 0 Å². The van der Waals surface area contributed by atoms with E-state index in [2.05, 4.69) is 0 Å². The molecule has 0 saturated heterocycles. The topological polar surface area (TPSA) is 85.0 Å².